The molecule has 0 bridgehead atoms. The zero-order chi connectivity index (χ0) is 13.9. The fourth-order valence-electron chi connectivity index (χ4n) is 2.75. The molecule has 3 aromatic rings. The Morgan fingerprint density at radius 1 is 1.05 bits per heavy atom. The molecular weight excluding hydrogens is 254 g/mol. The summed E-state index contributed by atoms with van der Waals surface area (Å²) in [5.41, 5.74) is 3.06. The summed E-state index contributed by atoms with van der Waals surface area (Å²) in [6.07, 6.45) is 0. The monoisotopic (exact) mass is 267 g/mol. The van der Waals surface area contributed by atoms with Crippen LogP contribution in [-0.4, -0.2) is 11.8 Å². The summed E-state index contributed by atoms with van der Waals surface area (Å²) in [4.78, 5) is 15.2. The van der Waals surface area contributed by atoms with Crippen molar-refractivity contribution in [2.24, 2.45) is 0 Å². The lowest BCUT2D eigenvalue weighted by atomic mass is 10.0. The molecule has 2 heterocycles. The molecule has 4 heteroatoms. The van der Waals surface area contributed by atoms with E-state index in [-0.39, 0.29) is 12.4 Å². The summed E-state index contributed by atoms with van der Waals surface area (Å²) in [7, 11) is 0. The summed E-state index contributed by atoms with van der Waals surface area (Å²) < 4.78 is 11.0. The Hall–Kier alpha value is -2.49. The Kier molecular flexibility index (Phi) is 2.13. The molecule has 1 aromatic heterocycles. The molecule has 1 aliphatic rings. The first-order chi connectivity index (χ1) is 9.65. The molecular formula is C16H13NO3. The van der Waals surface area contributed by atoms with Crippen LogP contribution in [0.4, 0.5) is 0 Å². The smallest absolute Gasteiger partial charge is 0.256 e. The van der Waals surface area contributed by atoms with Crippen molar-refractivity contribution in [1.29, 1.82) is 0 Å². The highest BCUT2D eigenvalue weighted by atomic mass is 16.7. The Bertz CT molecular complexity index is 925. The van der Waals surface area contributed by atoms with Gasteiger partial charge in [-0.05, 0) is 49.2 Å². The molecule has 0 aliphatic carbocycles. The summed E-state index contributed by atoms with van der Waals surface area (Å²) in [6, 6.07) is 7.66. The van der Waals surface area contributed by atoms with Gasteiger partial charge in [0.25, 0.3) is 5.56 Å². The number of benzene rings is 2. The summed E-state index contributed by atoms with van der Waals surface area (Å²) >= 11 is 0. The van der Waals surface area contributed by atoms with Gasteiger partial charge in [0.15, 0.2) is 11.5 Å². The number of hydrogen-bond acceptors (Lipinski definition) is 3. The first kappa shape index (κ1) is 11.3. The average Bonchev–Trinajstić information content (AvgIpc) is 2.89. The Balaban J connectivity index is 2.31. The van der Waals surface area contributed by atoms with E-state index in [4.69, 9.17) is 9.47 Å². The van der Waals surface area contributed by atoms with Crippen molar-refractivity contribution in [3.63, 3.8) is 0 Å². The number of pyridine rings is 1. The van der Waals surface area contributed by atoms with Gasteiger partial charge in [-0.15, -0.1) is 0 Å². The lowest BCUT2D eigenvalue weighted by molar-refractivity contribution is 0.175. The van der Waals surface area contributed by atoms with Crippen molar-refractivity contribution < 1.29 is 9.47 Å². The Labute approximate surface area is 114 Å². The van der Waals surface area contributed by atoms with Crippen LogP contribution in [-0.2, 0) is 0 Å². The van der Waals surface area contributed by atoms with Gasteiger partial charge in [0.05, 0.1) is 5.39 Å². The molecule has 20 heavy (non-hydrogen) atoms. The minimum atomic E-state index is -0.103. The van der Waals surface area contributed by atoms with E-state index in [2.05, 4.69) is 18.0 Å². The van der Waals surface area contributed by atoms with Gasteiger partial charge in [-0.1, -0.05) is 0 Å². The van der Waals surface area contributed by atoms with Crippen molar-refractivity contribution in [1.82, 2.24) is 4.98 Å². The minimum Gasteiger partial charge on any atom is -0.454 e. The van der Waals surface area contributed by atoms with Crippen LogP contribution in [0.1, 0.15) is 11.1 Å². The van der Waals surface area contributed by atoms with Gasteiger partial charge in [0, 0.05) is 16.3 Å². The summed E-state index contributed by atoms with van der Waals surface area (Å²) in [5.74, 6) is 1.37. The van der Waals surface area contributed by atoms with Crippen LogP contribution in [0.5, 0.6) is 11.5 Å². The molecule has 4 rings (SSSR count). The lowest BCUT2D eigenvalue weighted by Gasteiger charge is -2.09. The Morgan fingerprint density at radius 2 is 1.85 bits per heavy atom. The third kappa shape index (κ3) is 1.39. The highest BCUT2D eigenvalue weighted by Gasteiger charge is 2.20. The molecule has 0 fully saturated rings. The van der Waals surface area contributed by atoms with Crippen molar-refractivity contribution in [2.75, 3.05) is 6.79 Å². The first-order valence-corrected chi connectivity index (χ1v) is 6.51. The number of ether oxygens (including phenoxy) is 2. The van der Waals surface area contributed by atoms with E-state index in [1.807, 2.05) is 13.0 Å². The average molecular weight is 267 g/mol. The second-order valence-electron chi connectivity index (χ2n) is 5.16. The molecule has 0 saturated carbocycles. The molecule has 0 unspecified atom stereocenters. The van der Waals surface area contributed by atoms with E-state index in [0.29, 0.717) is 16.9 Å². The van der Waals surface area contributed by atoms with Gasteiger partial charge < -0.3 is 14.5 Å². The van der Waals surface area contributed by atoms with Crippen molar-refractivity contribution >= 4 is 21.7 Å². The van der Waals surface area contributed by atoms with Crippen LogP contribution in [0.2, 0.25) is 0 Å². The number of nitrogens with one attached hydrogen (secondary N) is 1. The summed E-state index contributed by atoms with van der Waals surface area (Å²) in [6.45, 7) is 4.30. The highest BCUT2D eigenvalue weighted by molar-refractivity contribution is 6.10. The van der Waals surface area contributed by atoms with E-state index >= 15 is 0 Å². The third-order valence-corrected chi connectivity index (χ3v) is 3.94. The second kappa shape index (κ2) is 3.76. The van der Waals surface area contributed by atoms with Crippen LogP contribution in [0, 0.1) is 13.8 Å². The predicted octanol–water partition coefficient (Wildman–Crippen LogP) is 3.03. The minimum absolute atomic E-state index is 0.103. The standard InChI is InChI=1S/C16H13NO3/c1-8-5-11-12(6-9(8)2)17-16(18)10-3-4-13-15(14(10)11)20-7-19-13/h3-6H,7H2,1-2H3,(H,17,18). The maximum atomic E-state index is 12.2. The van der Waals surface area contributed by atoms with Gasteiger partial charge in [-0.25, -0.2) is 0 Å². The number of hydrogen-bond donors (Lipinski definition) is 1. The van der Waals surface area contributed by atoms with Gasteiger partial charge >= 0.3 is 0 Å². The van der Waals surface area contributed by atoms with Crippen LogP contribution in [0.25, 0.3) is 21.7 Å². The molecule has 0 spiro atoms. The maximum Gasteiger partial charge on any atom is 0.256 e. The summed E-state index contributed by atoms with van der Waals surface area (Å²) in [5, 5.41) is 2.46. The molecule has 0 atom stereocenters. The van der Waals surface area contributed by atoms with Crippen LogP contribution < -0.4 is 15.0 Å². The number of aromatic nitrogens is 1. The fraction of sp³-hybridized carbons (Fsp3) is 0.188. The topological polar surface area (TPSA) is 51.3 Å². The molecule has 0 radical (unpaired) electrons. The second-order valence-corrected chi connectivity index (χ2v) is 5.16. The van der Waals surface area contributed by atoms with Gasteiger partial charge in [-0.2, -0.15) is 0 Å². The quantitative estimate of drug-likeness (QED) is 0.637. The van der Waals surface area contributed by atoms with E-state index in [9.17, 15) is 4.79 Å². The normalized spacial score (nSPS) is 13.3. The molecule has 0 amide bonds. The van der Waals surface area contributed by atoms with Gasteiger partial charge in [-0.3, -0.25) is 4.79 Å². The van der Waals surface area contributed by atoms with E-state index < -0.39 is 0 Å². The van der Waals surface area contributed by atoms with Gasteiger partial charge in [0.1, 0.15) is 0 Å². The first-order valence-electron chi connectivity index (χ1n) is 6.51. The van der Waals surface area contributed by atoms with E-state index in [1.54, 1.807) is 12.1 Å². The highest BCUT2D eigenvalue weighted by Crippen LogP contribution is 2.41. The SMILES string of the molecule is Cc1cc2[nH]c(=O)c3ccc4c(c3c2cc1C)OCO4. The van der Waals surface area contributed by atoms with Gasteiger partial charge in [0.2, 0.25) is 6.79 Å². The molecule has 0 saturated heterocycles. The van der Waals surface area contributed by atoms with Crippen molar-refractivity contribution in [3.05, 3.63) is 45.7 Å². The molecule has 100 valence electrons. The number of aryl methyl sites for hydroxylation is 2. The van der Waals surface area contributed by atoms with Crippen molar-refractivity contribution in [3.8, 4) is 11.5 Å². The number of aromatic amines is 1. The van der Waals surface area contributed by atoms with E-state index in [1.165, 1.54) is 5.56 Å². The third-order valence-electron chi connectivity index (χ3n) is 3.94. The molecule has 4 nitrogen and oxygen atoms in total. The molecule has 1 N–H and O–H groups in total. The van der Waals surface area contributed by atoms with Crippen LogP contribution in [0.3, 0.4) is 0 Å². The zero-order valence-electron chi connectivity index (χ0n) is 11.2. The predicted molar refractivity (Wildman–Crippen MR) is 77.7 cm³/mol. The molecule has 2 aromatic carbocycles. The molecule has 1 aliphatic heterocycles. The lowest BCUT2D eigenvalue weighted by Crippen LogP contribution is -2.07. The number of H-pyrrole nitrogens is 1. The zero-order valence-corrected chi connectivity index (χ0v) is 11.2. The largest absolute Gasteiger partial charge is 0.454 e. The fourth-order valence-corrected chi connectivity index (χ4v) is 2.75. The Morgan fingerprint density at radius 3 is 2.70 bits per heavy atom. The van der Waals surface area contributed by atoms with Crippen LogP contribution >= 0.6 is 0 Å². The van der Waals surface area contributed by atoms with E-state index in [0.717, 1.165) is 21.9 Å². The van der Waals surface area contributed by atoms with Crippen LogP contribution in [0.15, 0.2) is 29.1 Å². The van der Waals surface area contributed by atoms with Crippen molar-refractivity contribution in [2.45, 2.75) is 13.8 Å². The number of rotatable bonds is 0. The number of fused-ring (bicyclic) bond motifs is 5. The maximum absolute atomic E-state index is 12.2.